The quantitative estimate of drug-likeness (QED) is 0.550. The van der Waals surface area contributed by atoms with Crippen LogP contribution < -0.4 is 14.2 Å². The van der Waals surface area contributed by atoms with Crippen LogP contribution >= 0.6 is 0 Å². The van der Waals surface area contributed by atoms with Gasteiger partial charge in [0, 0.05) is 6.61 Å². The maximum atomic E-state index is 12.6. The first-order chi connectivity index (χ1) is 12.6. The van der Waals surface area contributed by atoms with Crippen LogP contribution in [0, 0.1) is 0 Å². The number of aliphatic hydroxyl groups is 1. The highest BCUT2D eigenvalue weighted by molar-refractivity contribution is 6.09. The molecule has 0 bridgehead atoms. The third-order valence-electron chi connectivity index (χ3n) is 3.97. The van der Waals surface area contributed by atoms with Gasteiger partial charge in [0.15, 0.2) is 17.3 Å². The van der Waals surface area contributed by atoms with Gasteiger partial charge in [-0.15, -0.1) is 0 Å². The maximum absolute atomic E-state index is 12.6. The summed E-state index contributed by atoms with van der Waals surface area (Å²) in [5, 5.41) is 8.94. The normalized spacial score (nSPS) is 10.8. The lowest BCUT2D eigenvalue weighted by molar-refractivity contribution is 0.104. The van der Waals surface area contributed by atoms with Crippen LogP contribution in [0.1, 0.15) is 27.9 Å². The molecule has 0 saturated heterocycles. The van der Waals surface area contributed by atoms with Gasteiger partial charge in [0.1, 0.15) is 0 Å². The molecule has 2 aromatic rings. The van der Waals surface area contributed by atoms with E-state index in [9.17, 15) is 4.79 Å². The third kappa shape index (κ3) is 4.64. The number of carbonyl (C=O) groups is 1. The first-order valence-electron chi connectivity index (χ1n) is 8.35. The zero-order chi connectivity index (χ0) is 18.9. The van der Waals surface area contributed by atoms with Gasteiger partial charge in [-0.3, -0.25) is 4.79 Å². The van der Waals surface area contributed by atoms with E-state index in [2.05, 4.69) is 0 Å². The predicted octanol–water partition coefficient (Wildman–Crippen LogP) is 3.53. The fourth-order valence-corrected chi connectivity index (χ4v) is 2.69. The number of hydrogen-bond acceptors (Lipinski definition) is 5. The van der Waals surface area contributed by atoms with E-state index < -0.39 is 0 Å². The van der Waals surface area contributed by atoms with E-state index in [1.54, 1.807) is 18.2 Å². The Hall–Kier alpha value is -2.79. The molecule has 5 nitrogen and oxygen atoms in total. The van der Waals surface area contributed by atoms with Crippen molar-refractivity contribution in [3.8, 4) is 17.2 Å². The molecule has 5 heteroatoms. The van der Waals surface area contributed by atoms with E-state index in [4.69, 9.17) is 19.3 Å². The SMILES string of the molecule is COc1ccc(C(=O)/C=C/c2cccc(CCCO)c2)c(OC)c1OC. The Labute approximate surface area is 153 Å². The summed E-state index contributed by atoms with van der Waals surface area (Å²) in [5.41, 5.74) is 2.45. The van der Waals surface area contributed by atoms with Crippen molar-refractivity contribution in [1.29, 1.82) is 0 Å². The summed E-state index contributed by atoms with van der Waals surface area (Å²) in [4.78, 5) is 12.6. The molecule has 0 aliphatic carbocycles. The standard InChI is InChI=1S/C21H24O5/c1-24-19-12-10-17(20(25-2)21(19)26-3)18(23)11-9-16-7-4-6-15(14-16)8-5-13-22/h4,6-7,9-12,14,22H,5,8,13H2,1-3H3/b11-9+. The summed E-state index contributed by atoms with van der Waals surface area (Å²) in [6.45, 7) is 0.164. The fraction of sp³-hybridized carbons (Fsp3) is 0.286. The van der Waals surface area contributed by atoms with Crippen molar-refractivity contribution in [2.45, 2.75) is 12.8 Å². The Morgan fingerprint density at radius 3 is 2.46 bits per heavy atom. The van der Waals surface area contributed by atoms with Crippen molar-refractivity contribution in [3.63, 3.8) is 0 Å². The highest BCUT2D eigenvalue weighted by atomic mass is 16.5. The van der Waals surface area contributed by atoms with Crippen LogP contribution in [0.3, 0.4) is 0 Å². The van der Waals surface area contributed by atoms with Gasteiger partial charge in [0.25, 0.3) is 0 Å². The van der Waals surface area contributed by atoms with Crippen LogP contribution in [0.4, 0.5) is 0 Å². The van der Waals surface area contributed by atoms with Crippen LogP contribution in [0.5, 0.6) is 17.2 Å². The Morgan fingerprint density at radius 1 is 1.04 bits per heavy atom. The van der Waals surface area contributed by atoms with Gasteiger partial charge in [0.05, 0.1) is 26.9 Å². The minimum absolute atomic E-state index is 0.164. The zero-order valence-electron chi connectivity index (χ0n) is 15.3. The summed E-state index contributed by atoms with van der Waals surface area (Å²) in [7, 11) is 4.52. The number of ether oxygens (including phenoxy) is 3. The fourth-order valence-electron chi connectivity index (χ4n) is 2.69. The number of hydrogen-bond donors (Lipinski definition) is 1. The molecule has 0 atom stereocenters. The molecule has 0 aliphatic heterocycles. The van der Waals surface area contributed by atoms with Gasteiger partial charge in [0.2, 0.25) is 5.75 Å². The van der Waals surface area contributed by atoms with Crippen molar-refractivity contribution < 1.29 is 24.1 Å². The molecule has 0 fully saturated rings. The van der Waals surface area contributed by atoms with Crippen LogP contribution in [0.2, 0.25) is 0 Å². The Balaban J connectivity index is 2.26. The van der Waals surface area contributed by atoms with E-state index in [-0.39, 0.29) is 12.4 Å². The molecule has 0 heterocycles. The van der Waals surface area contributed by atoms with Crippen molar-refractivity contribution in [1.82, 2.24) is 0 Å². The highest BCUT2D eigenvalue weighted by Gasteiger charge is 2.19. The van der Waals surface area contributed by atoms with E-state index in [1.807, 2.05) is 24.3 Å². The average molecular weight is 356 g/mol. The number of methoxy groups -OCH3 is 3. The molecule has 0 aliphatic rings. The zero-order valence-corrected chi connectivity index (χ0v) is 15.3. The maximum Gasteiger partial charge on any atom is 0.204 e. The Morgan fingerprint density at radius 2 is 1.81 bits per heavy atom. The minimum Gasteiger partial charge on any atom is -0.493 e. The topological polar surface area (TPSA) is 65.0 Å². The summed E-state index contributed by atoms with van der Waals surface area (Å²) in [6.07, 6.45) is 4.79. The minimum atomic E-state index is -0.191. The van der Waals surface area contributed by atoms with Crippen molar-refractivity contribution in [2.75, 3.05) is 27.9 Å². The molecule has 0 radical (unpaired) electrons. The van der Waals surface area contributed by atoms with Gasteiger partial charge < -0.3 is 19.3 Å². The largest absolute Gasteiger partial charge is 0.493 e. The monoisotopic (exact) mass is 356 g/mol. The molecule has 0 amide bonds. The number of ketones is 1. The molecule has 1 N–H and O–H groups in total. The van der Waals surface area contributed by atoms with Gasteiger partial charge in [-0.05, 0) is 42.2 Å². The first kappa shape index (κ1) is 19.5. The average Bonchev–Trinajstić information content (AvgIpc) is 2.69. The molecule has 0 aromatic heterocycles. The van der Waals surface area contributed by atoms with E-state index in [0.29, 0.717) is 22.8 Å². The van der Waals surface area contributed by atoms with Crippen LogP contribution in [-0.2, 0) is 6.42 Å². The first-order valence-corrected chi connectivity index (χ1v) is 8.35. The molecule has 0 spiro atoms. The summed E-state index contributed by atoms with van der Waals surface area (Å²) in [6, 6.07) is 11.2. The lowest BCUT2D eigenvalue weighted by Crippen LogP contribution is -2.02. The van der Waals surface area contributed by atoms with Crippen LogP contribution in [-0.4, -0.2) is 38.8 Å². The molecule has 26 heavy (non-hydrogen) atoms. The van der Waals surface area contributed by atoms with E-state index in [0.717, 1.165) is 24.0 Å². The van der Waals surface area contributed by atoms with Gasteiger partial charge in [-0.25, -0.2) is 0 Å². The second kappa shape index (κ2) is 9.63. The Kier molecular flexibility index (Phi) is 7.24. The summed E-state index contributed by atoms with van der Waals surface area (Å²) in [5.74, 6) is 1.04. The van der Waals surface area contributed by atoms with Crippen molar-refractivity contribution in [3.05, 3.63) is 59.2 Å². The lowest BCUT2D eigenvalue weighted by Gasteiger charge is -2.14. The molecule has 0 saturated carbocycles. The number of carbonyl (C=O) groups excluding carboxylic acids is 1. The van der Waals surface area contributed by atoms with E-state index in [1.165, 1.54) is 27.4 Å². The van der Waals surface area contributed by atoms with Gasteiger partial charge >= 0.3 is 0 Å². The smallest absolute Gasteiger partial charge is 0.204 e. The molecule has 2 rings (SSSR count). The Bertz CT molecular complexity index is 780. The molecular weight excluding hydrogens is 332 g/mol. The van der Waals surface area contributed by atoms with Crippen LogP contribution in [0.25, 0.3) is 6.08 Å². The number of allylic oxidation sites excluding steroid dienone is 1. The number of benzene rings is 2. The van der Waals surface area contributed by atoms with Crippen molar-refractivity contribution >= 4 is 11.9 Å². The van der Waals surface area contributed by atoms with Crippen LogP contribution in [0.15, 0.2) is 42.5 Å². The number of aryl methyl sites for hydroxylation is 1. The summed E-state index contributed by atoms with van der Waals surface area (Å²) < 4.78 is 15.9. The molecular formula is C21H24O5. The van der Waals surface area contributed by atoms with Gasteiger partial charge in [-0.2, -0.15) is 0 Å². The molecule has 2 aromatic carbocycles. The molecule has 0 unspecified atom stereocenters. The third-order valence-corrected chi connectivity index (χ3v) is 3.97. The predicted molar refractivity (Wildman–Crippen MR) is 101 cm³/mol. The van der Waals surface area contributed by atoms with E-state index >= 15 is 0 Å². The number of aliphatic hydroxyl groups excluding tert-OH is 1. The van der Waals surface area contributed by atoms with Crippen molar-refractivity contribution in [2.24, 2.45) is 0 Å². The second-order valence-electron chi connectivity index (χ2n) is 5.65. The van der Waals surface area contributed by atoms with Gasteiger partial charge in [-0.1, -0.05) is 30.3 Å². The number of rotatable bonds is 9. The second-order valence-corrected chi connectivity index (χ2v) is 5.65. The highest BCUT2D eigenvalue weighted by Crippen LogP contribution is 2.40. The lowest BCUT2D eigenvalue weighted by atomic mass is 10.0. The molecule has 138 valence electrons. The summed E-state index contributed by atoms with van der Waals surface area (Å²) >= 11 is 0.